The summed E-state index contributed by atoms with van der Waals surface area (Å²) in [6, 6.07) is 8.02. The Morgan fingerprint density at radius 3 is 2.93 bits per heavy atom. The second kappa shape index (κ2) is 3.32. The first-order valence-corrected chi connectivity index (χ1v) is 5.29. The number of benzene rings is 1. The number of nitriles is 1. The molecular formula is C11H10N2S. The molecule has 2 N–H and O–H groups in total. The summed E-state index contributed by atoms with van der Waals surface area (Å²) in [6.07, 6.45) is 0.891. The van der Waals surface area contributed by atoms with Gasteiger partial charge in [-0.1, -0.05) is 13.0 Å². The van der Waals surface area contributed by atoms with Crippen molar-refractivity contribution in [1.82, 2.24) is 0 Å². The van der Waals surface area contributed by atoms with Crippen molar-refractivity contribution < 1.29 is 0 Å². The number of nitrogen functional groups attached to an aromatic ring is 1. The van der Waals surface area contributed by atoms with Gasteiger partial charge in [0.25, 0.3) is 0 Å². The van der Waals surface area contributed by atoms with Gasteiger partial charge in [-0.25, -0.2) is 0 Å². The molecule has 0 unspecified atom stereocenters. The van der Waals surface area contributed by atoms with Gasteiger partial charge in [0.05, 0.1) is 5.56 Å². The number of anilines is 1. The topological polar surface area (TPSA) is 49.8 Å². The van der Waals surface area contributed by atoms with Crippen LogP contribution in [0.5, 0.6) is 0 Å². The summed E-state index contributed by atoms with van der Waals surface area (Å²) >= 11 is 1.66. The van der Waals surface area contributed by atoms with Crippen LogP contribution in [0.1, 0.15) is 17.4 Å². The quantitative estimate of drug-likeness (QED) is 0.723. The third kappa shape index (κ3) is 1.16. The van der Waals surface area contributed by atoms with Gasteiger partial charge in [-0.2, -0.15) is 5.26 Å². The minimum Gasteiger partial charge on any atom is -0.398 e. The average molecular weight is 202 g/mol. The molecule has 0 spiro atoms. The maximum Gasteiger partial charge on any atom is 0.101 e. The number of rotatable bonds is 1. The molecule has 0 radical (unpaired) electrons. The largest absolute Gasteiger partial charge is 0.398 e. The zero-order chi connectivity index (χ0) is 10.1. The Hall–Kier alpha value is -1.53. The normalized spacial score (nSPS) is 10.3. The molecule has 14 heavy (non-hydrogen) atoms. The van der Waals surface area contributed by atoms with Crippen molar-refractivity contribution in [3.8, 4) is 6.07 Å². The first-order valence-electron chi connectivity index (χ1n) is 4.48. The molecule has 2 nitrogen and oxygen atoms in total. The molecule has 0 atom stereocenters. The van der Waals surface area contributed by atoms with Crippen molar-refractivity contribution in [3.63, 3.8) is 0 Å². The number of nitrogens with zero attached hydrogens (tertiary/aromatic N) is 1. The average Bonchev–Trinajstić information content (AvgIpc) is 2.56. The lowest BCUT2D eigenvalue weighted by atomic mass is 10.1. The van der Waals surface area contributed by atoms with Crippen molar-refractivity contribution in [2.24, 2.45) is 0 Å². The van der Waals surface area contributed by atoms with Gasteiger partial charge < -0.3 is 5.73 Å². The Balaban J connectivity index is 2.90. The Kier molecular flexibility index (Phi) is 2.14. The fourth-order valence-corrected chi connectivity index (χ4v) is 2.72. The molecule has 1 aromatic carbocycles. The summed E-state index contributed by atoms with van der Waals surface area (Å²) in [5.41, 5.74) is 7.32. The molecule has 3 heteroatoms. The predicted octanol–water partition coefficient (Wildman–Crippen LogP) is 2.92. The number of hydrogen-bond acceptors (Lipinski definition) is 3. The van der Waals surface area contributed by atoms with Crippen molar-refractivity contribution >= 4 is 27.1 Å². The van der Waals surface area contributed by atoms with Crippen LogP contribution in [0, 0.1) is 11.3 Å². The van der Waals surface area contributed by atoms with E-state index >= 15 is 0 Å². The molecule has 0 aliphatic rings. The Morgan fingerprint density at radius 1 is 1.50 bits per heavy atom. The molecule has 0 aliphatic carbocycles. The number of nitrogens with two attached hydrogens (primary N) is 1. The highest BCUT2D eigenvalue weighted by atomic mass is 32.1. The summed E-state index contributed by atoms with van der Waals surface area (Å²) < 4.78 is 1.11. The summed E-state index contributed by atoms with van der Waals surface area (Å²) in [4.78, 5) is 1.13. The first kappa shape index (κ1) is 9.04. The van der Waals surface area contributed by atoms with Crippen molar-refractivity contribution in [3.05, 3.63) is 28.6 Å². The van der Waals surface area contributed by atoms with Crippen LogP contribution in [0.15, 0.2) is 18.2 Å². The third-order valence-electron chi connectivity index (χ3n) is 2.25. The maximum absolute atomic E-state index is 9.06. The van der Waals surface area contributed by atoms with E-state index in [1.54, 1.807) is 11.3 Å². The van der Waals surface area contributed by atoms with E-state index in [-0.39, 0.29) is 0 Å². The minimum atomic E-state index is 0.704. The van der Waals surface area contributed by atoms with E-state index in [1.807, 2.05) is 18.2 Å². The van der Waals surface area contributed by atoms with Crippen molar-refractivity contribution in [1.29, 1.82) is 5.26 Å². The predicted molar refractivity (Wildman–Crippen MR) is 60.3 cm³/mol. The van der Waals surface area contributed by atoms with Crippen LogP contribution in [-0.2, 0) is 6.42 Å². The fourth-order valence-electron chi connectivity index (χ4n) is 1.59. The maximum atomic E-state index is 9.06. The SMILES string of the molecule is CCc1sc2cccc(N)c2c1C#N. The highest BCUT2D eigenvalue weighted by Crippen LogP contribution is 2.34. The molecule has 0 bridgehead atoms. The van der Waals surface area contributed by atoms with E-state index in [4.69, 9.17) is 11.0 Å². The molecule has 0 fully saturated rings. The van der Waals surface area contributed by atoms with Crippen LogP contribution in [-0.4, -0.2) is 0 Å². The van der Waals surface area contributed by atoms with E-state index in [0.717, 1.165) is 26.9 Å². The zero-order valence-corrected chi connectivity index (χ0v) is 8.69. The van der Waals surface area contributed by atoms with E-state index in [1.165, 1.54) is 0 Å². The summed E-state index contributed by atoms with van der Waals surface area (Å²) in [5.74, 6) is 0. The molecule has 0 aliphatic heterocycles. The third-order valence-corrected chi connectivity index (χ3v) is 3.55. The molecule has 2 rings (SSSR count). The molecule has 0 saturated carbocycles. The number of hydrogen-bond donors (Lipinski definition) is 1. The molecule has 2 aromatic rings. The molecule has 70 valence electrons. The van der Waals surface area contributed by atoms with Crippen LogP contribution >= 0.6 is 11.3 Å². The van der Waals surface area contributed by atoms with Gasteiger partial charge in [0.2, 0.25) is 0 Å². The van der Waals surface area contributed by atoms with Gasteiger partial charge in [0.1, 0.15) is 6.07 Å². The minimum absolute atomic E-state index is 0.704. The Labute approximate surface area is 86.6 Å². The highest BCUT2D eigenvalue weighted by molar-refractivity contribution is 7.19. The van der Waals surface area contributed by atoms with Gasteiger partial charge in [0.15, 0.2) is 0 Å². The van der Waals surface area contributed by atoms with Crippen LogP contribution in [0.2, 0.25) is 0 Å². The molecule has 1 heterocycles. The first-order chi connectivity index (χ1) is 6.77. The van der Waals surface area contributed by atoms with Gasteiger partial charge in [0, 0.05) is 20.7 Å². The van der Waals surface area contributed by atoms with E-state index < -0.39 is 0 Å². The van der Waals surface area contributed by atoms with Crippen LogP contribution in [0.25, 0.3) is 10.1 Å². The standard InChI is InChI=1S/C11H10N2S/c1-2-9-7(6-12)11-8(13)4-3-5-10(11)14-9/h3-5H,2,13H2,1H3. The lowest BCUT2D eigenvalue weighted by Gasteiger charge is -1.95. The van der Waals surface area contributed by atoms with Gasteiger partial charge in [-0.15, -0.1) is 11.3 Å². The fraction of sp³-hybridized carbons (Fsp3) is 0.182. The Morgan fingerprint density at radius 2 is 2.29 bits per heavy atom. The van der Waals surface area contributed by atoms with Gasteiger partial charge in [-0.05, 0) is 18.6 Å². The van der Waals surface area contributed by atoms with E-state index in [2.05, 4.69) is 13.0 Å². The van der Waals surface area contributed by atoms with Crippen LogP contribution in [0.3, 0.4) is 0 Å². The van der Waals surface area contributed by atoms with E-state index in [9.17, 15) is 0 Å². The van der Waals surface area contributed by atoms with Crippen LogP contribution in [0.4, 0.5) is 5.69 Å². The van der Waals surface area contributed by atoms with Crippen LogP contribution < -0.4 is 5.73 Å². The molecular weight excluding hydrogens is 192 g/mol. The highest BCUT2D eigenvalue weighted by Gasteiger charge is 2.11. The van der Waals surface area contributed by atoms with Crippen molar-refractivity contribution in [2.45, 2.75) is 13.3 Å². The second-order valence-corrected chi connectivity index (χ2v) is 4.22. The molecule has 0 saturated heterocycles. The number of aryl methyl sites for hydroxylation is 1. The second-order valence-electron chi connectivity index (χ2n) is 3.09. The zero-order valence-electron chi connectivity index (χ0n) is 7.87. The van der Waals surface area contributed by atoms with Crippen molar-refractivity contribution in [2.75, 3.05) is 5.73 Å². The summed E-state index contributed by atoms with van der Waals surface area (Å²) in [5, 5.41) is 9.99. The monoisotopic (exact) mass is 202 g/mol. The van der Waals surface area contributed by atoms with Gasteiger partial charge >= 0.3 is 0 Å². The molecule has 0 amide bonds. The van der Waals surface area contributed by atoms with Gasteiger partial charge in [-0.3, -0.25) is 0 Å². The molecule has 1 aromatic heterocycles. The summed E-state index contributed by atoms with van der Waals surface area (Å²) in [7, 11) is 0. The van der Waals surface area contributed by atoms with E-state index in [0.29, 0.717) is 5.69 Å². The Bertz CT molecular complexity index is 520. The number of thiophene rings is 1. The number of fused-ring (bicyclic) bond motifs is 1. The summed E-state index contributed by atoms with van der Waals surface area (Å²) in [6.45, 7) is 2.06. The lowest BCUT2D eigenvalue weighted by molar-refractivity contribution is 1.18. The lowest BCUT2D eigenvalue weighted by Crippen LogP contribution is -1.86. The smallest absolute Gasteiger partial charge is 0.101 e.